The van der Waals surface area contributed by atoms with Gasteiger partial charge in [0.15, 0.2) is 23.0 Å². The molecule has 0 saturated carbocycles. The van der Waals surface area contributed by atoms with Crippen molar-refractivity contribution in [2.75, 3.05) is 53.3 Å². The standard InChI is InChI=1S/C26H28N2O8/c1-31-21-9-7-15(11-23(21)33-3)27-19-13-17(25(29)35-5)18(26(30)36-6)14-20(19)28-16-8-10-22(32-2)24(12-16)34-4/h7-14,27-28H,1-6H3. The van der Waals surface area contributed by atoms with Crippen molar-refractivity contribution in [2.24, 2.45) is 0 Å². The fourth-order valence-electron chi connectivity index (χ4n) is 3.50. The minimum absolute atomic E-state index is 0.0326. The molecule has 0 unspecified atom stereocenters. The van der Waals surface area contributed by atoms with Gasteiger partial charge in [-0.1, -0.05) is 0 Å². The third-order valence-electron chi connectivity index (χ3n) is 5.29. The molecule has 0 atom stereocenters. The molecule has 3 aromatic rings. The fourth-order valence-corrected chi connectivity index (χ4v) is 3.50. The van der Waals surface area contributed by atoms with E-state index in [4.69, 9.17) is 28.4 Å². The van der Waals surface area contributed by atoms with E-state index in [-0.39, 0.29) is 11.1 Å². The molecule has 0 bridgehead atoms. The highest BCUT2D eigenvalue weighted by Crippen LogP contribution is 2.37. The van der Waals surface area contributed by atoms with Crippen molar-refractivity contribution < 1.29 is 38.0 Å². The molecule has 36 heavy (non-hydrogen) atoms. The van der Waals surface area contributed by atoms with Crippen molar-refractivity contribution in [3.05, 3.63) is 59.7 Å². The summed E-state index contributed by atoms with van der Waals surface area (Å²) in [7, 11) is 8.63. The normalized spacial score (nSPS) is 10.2. The van der Waals surface area contributed by atoms with Crippen LogP contribution in [0, 0.1) is 0 Å². The summed E-state index contributed by atoms with van der Waals surface area (Å²) in [6.45, 7) is 0. The first-order valence-electron chi connectivity index (χ1n) is 10.7. The van der Waals surface area contributed by atoms with Gasteiger partial charge >= 0.3 is 11.9 Å². The molecule has 0 fully saturated rings. The van der Waals surface area contributed by atoms with Crippen molar-refractivity contribution in [1.29, 1.82) is 0 Å². The third kappa shape index (κ3) is 5.54. The Labute approximate surface area is 209 Å². The van der Waals surface area contributed by atoms with E-state index in [1.807, 2.05) is 0 Å². The number of carbonyl (C=O) groups is 2. The predicted molar refractivity (Wildman–Crippen MR) is 135 cm³/mol. The van der Waals surface area contributed by atoms with Crippen LogP contribution in [0.4, 0.5) is 22.7 Å². The van der Waals surface area contributed by atoms with Gasteiger partial charge < -0.3 is 39.1 Å². The SMILES string of the molecule is COC(=O)c1cc(Nc2ccc(OC)c(OC)c2)c(Nc2ccc(OC)c(OC)c2)cc1C(=O)OC. The quantitative estimate of drug-likeness (QED) is 0.380. The van der Waals surface area contributed by atoms with Gasteiger partial charge in [-0.25, -0.2) is 9.59 Å². The minimum atomic E-state index is -0.691. The lowest BCUT2D eigenvalue weighted by Gasteiger charge is -2.19. The van der Waals surface area contributed by atoms with Crippen LogP contribution < -0.4 is 29.6 Å². The lowest BCUT2D eigenvalue weighted by Crippen LogP contribution is -2.13. The van der Waals surface area contributed by atoms with Gasteiger partial charge in [0.05, 0.1) is 65.2 Å². The summed E-state index contributed by atoms with van der Waals surface area (Å²) in [5.74, 6) is 0.755. The molecule has 190 valence electrons. The molecule has 0 radical (unpaired) electrons. The Hall–Kier alpha value is -4.60. The van der Waals surface area contributed by atoms with Crippen molar-refractivity contribution in [1.82, 2.24) is 0 Å². The maximum absolute atomic E-state index is 12.5. The summed E-state index contributed by atoms with van der Waals surface area (Å²) >= 11 is 0. The van der Waals surface area contributed by atoms with E-state index in [0.717, 1.165) is 0 Å². The summed E-state index contributed by atoms with van der Waals surface area (Å²) in [6.07, 6.45) is 0. The van der Waals surface area contributed by atoms with Crippen LogP contribution in [0.15, 0.2) is 48.5 Å². The average molecular weight is 497 g/mol. The molecule has 0 heterocycles. The van der Waals surface area contributed by atoms with Crippen LogP contribution in [-0.4, -0.2) is 54.6 Å². The van der Waals surface area contributed by atoms with Gasteiger partial charge in [-0.2, -0.15) is 0 Å². The number of hydrogen-bond donors (Lipinski definition) is 2. The zero-order valence-corrected chi connectivity index (χ0v) is 20.9. The summed E-state index contributed by atoms with van der Waals surface area (Å²) in [4.78, 5) is 25.0. The molecule has 0 aliphatic heterocycles. The summed E-state index contributed by atoms with van der Waals surface area (Å²) in [5, 5.41) is 6.52. The average Bonchev–Trinajstić information content (AvgIpc) is 2.92. The van der Waals surface area contributed by atoms with Crippen LogP contribution in [0.3, 0.4) is 0 Å². The second-order valence-electron chi connectivity index (χ2n) is 7.32. The second kappa shape index (κ2) is 11.7. The Bertz CT molecular complexity index is 1160. The Balaban J connectivity index is 2.15. The van der Waals surface area contributed by atoms with Crippen LogP contribution in [0.25, 0.3) is 0 Å². The van der Waals surface area contributed by atoms with Crippen molar-refractivity contribution in [2.45, 2.75) is 0 Å². The van der Waals surface area contributed by atoms with E-state index in [0.29, 0.717) is 45.7 Å². The maximum atomic E-state index is 12.5. The number of carbonyl (C=O) groups excluding carboxylic acids is 2. The van der Waals surface area contributed by atoms with Gasteiger partial charge in [-0.15, -0.1) is 0 Å². The largest absolute Gasteiger partial charge is 0.493 e. The highest BCUT2D eigenvalue weighted by atomic mass is 16.5. The van der Waals surface area contributed by atoms with E-state index < -0.39 is 11.9 Å². The first kappa shape index (κ1) is 26.0. The number of hydrogen-bond acceptors (Lipinski definition) is 10. The number of benzene rings is 3. The molecule has 0 amide bonds. The van der Waals surface area contributed by atoms with E-state index in [2.05, 4.69) is 10.6 Å². The Kier molecular flexibility index (Phi) is 8.45. The maximum Gasteiger partial charge on any atom is 0.338 e. The lowest BCUT2D eigenvalue weighted by molar-refractivity contribution is 0.0555. The topological polar surface area (TPSA) is 114 Å². The van der Waals surface area contributed by atoms with Crippen LogP contribution in [0.1, 0.15) is 20.7 Å². The highest BCUT2D eigenvalue weighted by molar-refractivity contribution is 6.06. The van der Waals surface area contributed by atoms with E-state index in [1.54, 1.807) is 50.6 Å². The van der Waals surface area contributed by atoms with Crippen molar-refractivity contribution in [3.63, 3.8) is 0 Å². The third-order valence-corrected chi connectivity index (χ3v) is 5.29. The number of nitrogens with one attached hydrogen (secondary N) is 2. The number of ether oxygens (including phenoxy) is 6. The molecule has 10 nitrogen and oxygen atoms in total. The predicted octanol–water partition coefficient (Wildman–Crippen LogP) is 4.78. The Morgan fingerprint density at radius 1 is 0.528 bits per heavy atom. The summed E-state index contributed by atoms with van der Waals surface area (Å²) < 4.78 is 31.2. The van der Waals surface area contributed by atoms with E-state index >= 15 is 0 Å². The number of methoxy groups -OCH3 is 6. The molecule has 3 aromatic carbocycles. The van der Waals surface area contributed by atoms with Crippen LogP contribution in [-0.2, 0) is 9.47 Å². The zero-order chi connectivity index (χ0) is 26.2. The first-order chi connectivity index (χ1) is 17.4. The molecule has 0 saturated heterocycles. The first-order valence-corrected chi connectivity index (χ1v) is 10.7. The summed E-state index contributed by atoms with van der Waals surface area (Å²) in [6, 6.07) is 13.6. The number of anilines is 4. The molecule has 0 aromatic heterocycles. The highest BCUT2D eigenvalue weighted by Gasteiger charge is 2.22. The van der Waals surface area contributed by atoms with Gasteiger partial charge in [0.2, 0.25) is 0 Å². The zero-order valence-electron chi connectivity index (χ0n) is 20.9. The van der Waals surface area contributed by atoms with Crippen LogP contribution >= 0.6 is 0 Å². The molecule has 3 rings (SSSR count). The van der Waals surface area contributed by atoms with Gasteiger partial charge in [0, 0.05) is 23.5 Å². The molecular formula is C26H28N2O8. The monoisotopic (exact) mass is 496 g/mol. The van der Waals surface area contributed by atoms with Crippen LogP contribution in [0.2, 0.25) is 0 Å². The van der Waals surface area contributed by atoms with Gasteiger partial charge in [0.1, 0.15) is 0 Å². The second-order valence-corrected chi connectivity index (χ2v) is 7.32. The number of esters is 2. The molecule has 0 aliphatic rings. The van der Waals surface area contributed by atoms with Crippen molar-refractivity contribution in [3.8, 4) is 23.0 Å². The van der Waals surface area contributed by atoms with E-state index in [9.17, 15) is 9.59 Å². The summed E-state index contributed by atoms with van der Waals surface area (Å²) in [5.41, 5.74) is 2.31. The van der Waals surface area contributed by atoms with Gasteiger partial charge in [-0.05, 0) is 36.4 Å². The molecule has 0 spiro atoms. The fraction of sp³-hybridized carbons (Fsp3) is 0.231. The van der Waals surface area contributed by atoms with E-state index in [1.165, 1.54) is 40.6 Å². The molecule has 0 aliphatic carbocycles. The lowest BCUT2D eigenvalue weighted by atomic mass is 10.0. The number of rotatable bonds is 10. The minimum Gasteiger partial charge on any atom is -0.493 e. The van der Waals surface area contributed by atoms with Crippen LogP contribution in [0.5, 0.6) is 23.0 Å². The molecular weight excluding hydrogens is 468 g/mol. The smallest absolute Gasteiger partial charge is 0.338 e. The van der Waals surface area contributed by atoms with Gasteiger partial charge in [0.25, 0.3) is 0 Å². The molecule has 2 N–H and O–H groups in total. The van der Waals surface area contributed by atoms with Crippen molar-refractivity contribution >= 4 is 34.7 Å². The molecule has 10 heteroatoms. The Morgan fingerprint density at radius 2 is 0.889 bits per heavy atom. The van der Waals surface area contributed by atoms with Gasteiger partial charge in [-0.3, -0.25) is 0 Å². The Morgan fingerprint density at radius 3 is 1.19 bits per heavy atom.